The number of aliphatic hydroxyl groups is 1. The first kappa shape index (κ1) is 12.5. The van der Waals surface area contributed by atoms with Crippen molar-refractivity contribution in [1.82, 2.24) is 0 Å². The minimum absolute atomic E-state index is 0.0153. The molecule has 5 unspecified atom stereocenters. The SMILES string of the molecule is CC1(C)CC2C(C1=NO)C1(C)CCCC2(C)C1O. The quantitative estimate of drug-likeness (QED) is 0.513. The van der Waals surface area contributed by atoms with Crippen molar-refractivity contribution in [3.63, 3.8) is 0 Å². The summed E-state index contributed by atoms with van der Waals surface area (Å²) >= 11 is 0. The highest BCUT2D eigenvalue weighted by Gasteiger charge is 2.70. The number of aliphatic hydroxyl groups excluding tert-OH is 1. The van der Waals surface area contributed by atoms with Gasteiger partial charge in [-0.05, 0) is 30.6 Å². The maximum absolute atomic E-state index is 10.8. The van der Waals surface area contributed by atoms with Gasteiger partial charge >= 0.3 is 0 Å². The van der Waals surface area contributed by atoms with Gasteiger partial charge in [-0.25, -0.2) is 0 Å². The molecule has 0 aromatic rings. The van der Waals surface area contributed by atoms with E-state index in [4.69, 9.17) is 0 Å². The Morgan fingerprint density at radius 2 is 1.72 bits per heavy atom. The van der Waals surface area contributed by atoms with E-state index >= 15 is 0 Å². The van der Waals surface area contributed by atoms with Crippen LogP contribution in [0.1, 0.15) is 53.4 Å². The summed E-state index contributed by atoms with van der Waals surface area (Å²) in [7, 11) is 0. The first-order valence-electron chi connectivity index (χ1n) is 7.18. The highest BCUT2D eigenvalue weighted by molar-refractivity contribution is 5.95. The molecule has 3 aliphatic carbocycles. The number of fused-ring (bicyclic) bond motifs is 5. The van der Waals surface area contributed by atoms with Crippen molar-refractivity contribution in [3.05, 3.63) is 0 Å². The maximum atomic E-state index is 10.8. The molecule has 0 amide bonds. The number of rotatable bonds is 0. The van der Waals surface area contributed by atoms with Gasteiger partial charge in [-0.1, -0.05) is 39.3 Å². The summed E-state index contributed by atoms with van der Waals surface area (Å²) in [4.78, 5) is 0. The van der Waals surface area contributed by atoms with Crippen LogP contribution in [-0.2, 0) is 0 Å². The highest BCUT2D eigenvalue weighted by Crippen LogP contribution is 2.70. The van der Waals surface area contributed by atoms with E-state index in [1.807, 2.05) is 0 Å². The molecule has 3 saturated carbocycles. The van der Waals surface area contributed by atoms with Crippen LogP contribution >= 0.6 is 0 Å². The van der Waals surface area contributed by atoms with Crippen molar-refractivity contribution in [2.45, 2.75) is 59.5 Å². The topological polar surface area (TPSA) is 52.8 Å². The molecule has 3 aliphatic rings. The van der Waals surface area contributed by atoms with Gasteiger partial charge in [0.25, 0.3) is 0 Å². The lowest BCUT2D eigenvalue weighted by molar-refractivity contribution is -0.0580. The van der Waals surface area contributed by atoms with Gasteiger partial charge in [0.15, 0.2) is 0 Å². The largest absolute Gasteiger partial charge is 0.411 e. The standard InChI is InChI=1S/C15H25NO2/c1-13(2)8-9-10(11(13)16-18)15(4)7-5-6-14(9,3)12(15)17/h9-10,12,17-18H,5-8H2,1-4H3. The van der Waals surface area contributed by atoms with E-state index in [0.29, 0.717) is 5.92 Å². The molecule has 2 N–H and O–H groups in total. The zero-order valence-electron chi connectivity index (χ0n) is 11.9. The van der Waals surface area contributed by atoms with E-state index in [1.54, 1.807) is 0 Å². The second-order valence-corrected chi connectivity index (χ2v) is 7.93. The van der Waals surface area contributed by atoms with Gasteiger partial charge in [0.05, 0.1) is 11.8 Å². The number of oxime groups is 1. The lowest BCUT2D eigenvalue weighted by Crippen LogP contribution is -2.45. The van der Waals surface area contributed by atoms with Crippen LogP contribution in [0.2, 0.25) is 0 Å². The molecule has 5 atom stereocenters. The van der Waals surface area contributed by atoms with Gasteiger partial charge in [-0.15, -0.1) is 0 Å². The average Bonchev–Trinajstić information content (AvgIpc) is 2.60. The summed E-state index contributed by atoms with van der Waals surface area (Å²) in [6.07, 6.45) is 4.15. The van der Waals surface area contributed by atoms with Crippen LogP contribution in [0.4, 0.5) is 0 Å². The third-order valence-corrected chi connectivity index (χ3v) is 6.47. The van der Waals surface area contributed by atoms with Crippen LogP contribution in [0.3, 0.4) is 0 Å². The van der Waals surface area contributed by atoms with Crippen molar-refractivity contribution in [1.29, 1.82) is 0 Å². The molecular weight excluding hydrogens is 226 g/mol. The Morgan fingerprint density at radius 3 is 2.33 bits per heavy atom. The molecule has 0 saturated heterocycles. The van der Waals surface area contributed by atoms with Crippen LogP contribution in [0.5, 0.6) is 0 Å². The van der Waals surface area contributed by atoms with Crippen LogP contribution in [0.15, 0.2) is 5.16 Å². The summed E-state index contributed by atoms with van der Waals surface area (Å²) < 4.78 is 0. The summed E-state index contributed by atoms with van der Waals surface area (Å²) in [5.41, 5.74) is 0.832. The molecular formula is C15H25NO2. The van der Waals surface area contributed by atoms with Crippen molar-refractivity contribution < 1.29 is 10.3 Å². The van der Waals surface area contributed by atoms with Crippen LogP contribution in [0, 0.1) is 28.1 Å². The molecule has 3 fully saturated rings. The fraction of sp³-hybridized carbons (Fsp3) is 0.933. The molecule has 2 bridgehead atoms. The summed E-state index contributed by atoms with van der Waals surface area (Å²) in [5.74, 6) is 0.737. The molecule has 0 heterocycles. The lowest BCUT2D eigenvalue weighted by atomic mass is 9.63. The van der Waals surface area contributed by atoms with Crippen LogP contribution < -0.4 is 0 Å². The molecule has 102 valence electrons. The predicted octanol–water partition coefficient (Wildman–Crippen LogP) is 3.05. The monoisotopic (exact) mass is 251 g/mol. The van der Waals surface area contributed by atoms with Crippen molar-refractivity contribution in [2.24, 2.45) is 33.2 Å². The molecule has 3 rings (SSSR count). The molecule has 0 aromatic carbocycles. The van der Waals surface area contributed by atoms with E-state index in [0.717, 1.165) is 25.0 Å². The number of nitrogens with zero attached hydrogens (tertiary/aromatic N) is 1. The van der Waals surface area contributed by atoms with Crippen molar-refractivity contribution >= 4 is 5.71 Å². The second-order valence-electron chi connectivity index (χ2n) is 7.93. The van der Waals surface area contributed by atoms with Gasteiger partial charge in [0, 0.05) is 16.7 Å². The van der Waals surface area contributed by atoms with Gasteiger partial charge in [-0.3, -0.25) is 0 Å². The molecule has 3 heteroatoms. The molecule has 0 aliphatic heterocycles. The van der Waals surface area contributed by atoms with Gasteiger partial charge in [0.2, 0.25) is 0 Å². The third kappa shape index (κ3) is 1.17. The van der Waals surface area contributed by atoms with E-state index in [9.17, 15) is 10.3 Å². The van der Waals surface area contributed by atoms with E-state index < -0.39 is 0 Å². The summed E-state index contributed by atoms with van der Waals surface area (Å²) in [6.45, 7) is 8.80. The Hall–Kier alpha value is -0.570. The maximum Gasteiger partial charge on any atom is 0.0667 e. The predicted molar refractivity (Wildman–Crippen MR) is 70.7 cm³/mol. The molecule has 0 aromatic heterocycles. The molecule has 3 nitrogen and oxygen atoms in total. The smallest absolute Gasteiger partial charge is 0.0667 e. The minimum Gasteiger partial charge on any atom is -0.411 e. The fourth-order valence-corrected chi connectivity index (χ4v) is 5.56. The minimum atomic E-state index is -0.249. The second kappa shape index (κ2) is 3.30. The summed E-state index contributed by atoms with van der Waals surface area (Å²) in [6, 6.07) is 0. The molecule has 0 spiro atoms. The van der Waals surface area contributed by atoms with Crippen molar-refractivity contribution in [3.8, 4) is 0 Å². The van der Waals surface area contributed by atoms with Crippen molar-refractivity contribution in [2.75, 3.05) is 0 Å². The Morgan fingerprint density at radius 1 is 1.11 bits per heavy atom. The first-order chi connectivity index (χ1) is 8.27. The molecule has 18 heavy (non-hydrogen) atoms. The summed E-state index contributed by atoms with van der Waals surface area (Å²) in [5, 5.41) is 23.9. The van der Waals surface area contributed by atoms with E-state index in [2.05, 4.69) is 32.9 Å². The lowest BCUT2D eigenvalue weighted by Gasteiger charge is -2.44. The highest BCUT2D eigenvalue weighted by atomic mass is 16.4. The molecule has 0 radical (unpaired) electrons. The number of hydrogen-bond acceptors (Lipinski definition) is 3. The Balaban J connectivity index is 2.15. The zero-order chi connectivity index (χ0) is 13.3. The normalized spacial score (nSPS) is 55.8. The Kier molecular flexibility index (Phi) is 2.28. The van der Waals surface area contributed by atoms with Gasteiger partial charge in [-0.2, -0.15) is 0 Å². The van der Waals surface area contributed by atoms with Crippen LogP contribution in [-0.4, -0.2) is 22.1 Å². The zero-order valence-corrected chi connectivity index (χ0v) is 11.9. The van der Waals surface area contributed by atoms with Gasteiger partial charge < -0.3 is 10.3 Å². The van der Waals surface area contributed by atoms with E-state index in [1.165, 1.54) is 6.42 Å². The Labute approximate surface area is 109 Å². The number of hydrogen-bond donors (Lipinski definition) is 2. The van der Waals surface area contributed by atoms with Gasteiger partial charge in [0.1, 0.15) is 0 Å². The third-order valence-electron chi connectivity index (χ3n) is 6.47. The fourth-order valence-electron chi connectivity index (χ4n) is 5.56. The Bertz CT molecular complexity index is 417. The average molecular weight is 251 g/mol. The van der Waals surface area contributed by atoms with Crippen LogP contribution in [0.25, 0.3) is 0 Å². The first-order valence-corrected chi connectivity index (χ1v) is 7.18. The van der Waals surface area contributed by atoms with E-state index in [-0.39, 0.29) is 28.3 Å².